The van der Waals surface area contributed by atoms with Gasteiger partial charge in [0.2, 0.25) is 0 Å². The Morgan fingerprint density at radius 2 is 1.17 bits per heavy atom. The van der Waals surface area contributed by atoms with Crippen LogP contribution in [0.15, 0.2) is 0 Å². The molecule has 0 saturated heterocycles. The van der Waals surface area contributed by atoms with E-state index >= 15 is 0 Å². The van der Waals surface area contributed by atoms with Gasteiger partial charge < -0.3 is 4.74 Å². The molecule has 0 aliphatic rings. The molecule has 0 spiro atoms. The number of esters is 1. The molecule has 0 aliphatic carbocycles. The van der Waals surface area contributed by atoms with E-state index in [1.165, 1.54) is 58.5 Å². The first kappa shape index (κ1) is 22.6. The molecule has 0 bridgehead atoms. The van der Waals surface area contributed by atoms with E-state index in [-0.39, 0.29) is 5.97 Å². The van der Waals surface area contributed by atoms with Crippen LogP contribution in [-0.4, -0.2) is 13.1 Å². The molecule has 0 aromatic heterocycles. The van der Waals surface area contributed by atoms with Gasteiger partial charge in [-0.1, -0.05) is 76.6 Å². The molecule has 2 nitrogen and oxygen atoms in total. The summed E-state index contributed by atoms with van der Waals surface area (Å²) in [6.45, 7) is 2.26. The molecule has 0 radical (unpaired) electrons. The van der Waals surface area contributed by atoms with Crippen LogP contribution in [0.3, 0.4) is 0 Å². The van der Waals surface area contributed by atoms with Gasteiger partial charge in [0.1, 0.15) is 0 Å². The molecule has 0 aliphatic heterocycles. The van der Waals surface area contributed by atoms with Gasteiger partial charge in [0.25, 0.3) is 0 Å². The quantitative estimate of drug-likeness (QED) is 0.220. The standard InChI is InChI=1S/C22H36O2/c1-3-4-5-6-7-8-9-10-11-12-13-14-15-16-17-18-19-20-21-22(23)24-2/h3-11,16-21H2,1-2H3. The van der Waals surface area contributed by atoms with Gasteiger partial charge in [-0.05, 0) is 31.1 Å². The number of unbranched alkanes of at least 4 members (excludes halogenated alkanes) is 12. The lowest BCUT2D eigenvalue weighted by atomic mass is 10.1. The van der Waals surface area contributed by atoms with Crippen molar-refractivity contribution in [1.82, 2.24) is 0 Å². The van der Waals surface area contributed by atoms with Crippen molar-refractivity contribution in [2.75, 3.05) is 7.11 Å². The topological polar surface area (TPSA) is 26.3 Å². The first-order valence-electron chi connectivity index (χ1n) is 9.83. The van der Waals surface area contributed by atoms with Crippen molar-refractivity contribution in [3.63, 3.8) is 0 Å². The fourth-order valence-corrected chi connectivity index (χ4v) is 2.50. The third-order valence-corrected chi connectivity index (χ3v) is 4.05. The maximum atomic E-state index is 10.9. The number of hydrogen-bond acceptors (Lipinski definition) is 2. The van der Waals surface area contributed by atoms with Gasteiger partial charge in [-0.2, -0.15) is 0 Å². The predicted molar refractivity (Wildman–Crippen MR) is 102 cm³/mol. The van der Waals surface area contributed by atoms with Crippen LogP contribution >= 0.6 is 0 Å². The minimum absolute atomic E-state index is 0.110. The van der Waals surface area contributed by atoms with Crippen LogP contribution in [0, 0.1) is 23.7 Å². The van der Waals surface area contributed by atoms with E-state index in [2.05, 4.69) is 35.3 Å². The predicted octanol–water partition coefficient (Wildman–Crippen LogP) is 6.04. The first-order chi connectivity index (χ1) is 11.8. The number of ether oxygens (including phenoxy) is 1. The zero-order valence-electron chi connectivity index (χ0n) is 15.9. The van der Waals surface area contributed by atoms with E-state index in [9.17, 15) is 4.79 Å². The smallest absolute Gasteiger partial charge is 0.305 e. The van der Waals surface area contributed by atoms with Gasteiger partial charge in [-0.3, -0.25) is 4.79 Å². The first-order valence-corrected chi connectivity index (χ1v) is 9.83. The van der Waals surface area contributed by atoms with Gasteiger partial charge in [-0.25, -0.2) is 0 Å². The highest BCUT2D eigenvalue weighted by atomic mass is 16.5. The lowest BCUT2D eigenvalue weighted by Crippen LogP contribution is -1.98. The Morgan fingerprint density at radius 1 is 0.708 bits per heavy atom. The zero-order valence-corrected chi connectivity index (χ0v) is 15.9. The van der Waals surface area contributed by atoms with Crippen molar-refractivity contribution in [1.29, 1.82) is 0 Å². The molecular weight excluding hydrogens is 296 g/mol. The van der Waals surface area contributed by atoms with Crippen molar-refractivity contribution in [2.45, 2.75) is 103 Å². The van der Waals surface area contributed by atoms with Crippen LogP contribution in [0.2, 0.25) is 0 Å². The Labute approximate surface area is 150 Å². The highest BCUT2D eigenvalue weighted by molar-refractivity contribution is 5.68. The zero-order chi connectivity index (χ0) is 17.7. The van der Waals surface area contributed by atoms with Gasteiger partial charge in [0.15, 0.2) is 0 Å². The second kappa shape index (κ2) is 19.6. The van der Waals surface area contributed by atoms with Crippen LogP contribution in [0.25, 0.3) is 0 Å². The maximum Gasteiger partial charge on any atom is 0.305 e. The van der Waals surface area contributed by atoms with Crippen LogP contribution < -0.4 is 0 Å². The van der Waals surface area contributed by atoms with Crippen LogP contribution in [0.4, 0.5) is 0 Å². The van der Waals surface area contributed by atoms with Crippen LogP contribution in [0.1, 0.15) is 103 Å². The Morgan fingerprint density at radius 3 is 1.67 bits per heavy atom. The molecule has 0 unspecified atom stereocenters. The average molecular weight is 333 g/mol. The van der Waals surface area contributed by atoms with Gasteiger partial charge >= 0.3 is 5.97 Å². The van der Waals surface area contributed by atoms with Gasteiger partial charge in [0.05, 0.1) is 7.11 Å². The molecule has 2 heteroatoms. The minimum Gasteiger partial charge on any atom is -0.469 e. The molecule has 24 heavy (non-hydrogen) atoms. The Hall–Kier alpha value is -1.41. The summed E-state index contributed by atoms with van der Waals surface area (Å²) in [5.41, 5.74) is 0. The van der Waals surface area contributed by atoms with Crippen LogP contribution in [-0.2, 0) is 9.53 Å². The van der Waals surface area contributed by atoms with E-state index in [0.29, 0.717) is 6.42 Å². The highest BCUT2D eigenvalue weighted by Gasteiger charge is 1.98. The lowest BCUT2D eigenvalue weighted by molar-refractivity contribution is -0.140. The molecule has 0 heterocycles. The fraction of sp³-hybridized carbons (Fsp3) is 0.773. The molecule has 0 amide bonds. The monoisotopic (exact) mass is 332 g/mol. The van der Waals surface area contributed by atoms with E-state index in [4.69, 9.17) is 0 Å². The molecule has 0 N–H and O–H groups in total. The molecular formula is C22H36O2. The number of rotatable bonds is 14. The fourth-order valence-electron chi connectivity index (χ4n) is 2.50. The summed E-state index contributed by atoms with van der Waals surface area (Å²) >= 11 is 0. The highest BCUT2D eigenvalue weighted by Crippen LogP contribution is 2.09. The number of hydrogen-bond donors (Lipinski definition) is 0. The Kier molecular flexibility index (Phi) is 18.5. The summed E-state index contributed by atoms with van der Waals surface area (Å²) in [5.74, 6) is 12.1. The minimum atomic E-state index is -0.110. The maximum absolute atomic E-state index is 10.9. The van der Waals surface area contributed by atoms with Crippen molar-refractivity contribution in [2.24, 2.45) is 0 Å². The van der Waals surface area contributed by atoms with E-state index in [0.717, 1.165) is 38.5 Å². The Balaban J connectivity index is 3.30. The summed E-state index contributed by atoms with van der Waals surface area (Å²) in [6.07, 6.45) is 17.4. The summed E-state index contributed by atoms with van der Waals surface area (Å²) in [5, 5.41) is 0. The molecule has 0 saturated carbocycles. The van der Waals surface area contributed by atoms with Crippen molar-refractivity contribution in [3.8, 4) is 23.7 Å². The second-order valence-electron chi connectivity index (χ2n) is 6.32. The second-order valence-corrected chi connectivity index (χ2v) is 6.32. The summed E-state index contributed by atoms with van der Waals surface area (Å²) < 4.78 is 4.61. The third-order valence-electron chi connectivity index (χ3n) is 4.05. The van der Waals surface area contributed by atoms with Crippen molar-refractivity contribution < 1.29 is 9.53 Å². The number of carbonyl (C=O) groups excluding carboxylic acids is 1. The van der Waals surface area contributed by atoms with Crippen molar-refractivity contribution >= 4 is 5.97 Å². The Bertz CT molecular complexity index is 403. The number of methoxy groups -OCH3 is 1. The molecule has 0 fully saturated rings. The molecule has 0 rings (SSSR count). The SMILES string of the molecule is CCCCCCCCCCC#CC#CCCCCCCC(=O)OC. The third kappa shape index (κ3) is 18.6. The molecule has 0 aromatic carbocycles. The van der Waals surface area contributed by atoms with Gasteiger partial charge in [-0.15, -0.1) is 0 Å². The summed E-state index contributed by atoms with van der Waals surface area (Å²) in [6, 6.07) is 0. The van der Waals surface area contributed by atoms with Crippen LogP contribution in [0.5, 0.6) is 0 Å². The normalized spacial score (nSPS) is 9.58. The largest absolute Gasteiger partial charge is 0.469 e. The summed E-state index contributed by atoms with van der Waals surface area (Å²) in [4.78, 5) is 10.9. The molecule has 136 valence electrons. The molecule has 0 aromatic rings. The summed E-state index contributed by atoms with van der Waals surface area (Å²) in [7, 11) is 1.44. The molecule has 0 atom stereocenters. The van der Waals surface area contributed by atoms with Crippen molar-refractivity contribution in [3.05, 3.63) is 0 Å². The van der Waals surface area contributed by atoms with E-state index < -0.39 is 0 Å². The van der Waals surface area contributed by atoms with Gasteiger partial charge in [0, 0.05) is 19.3 Å². The van der Waals surface area contributed by atoms with E-state index in [1.807, 2.05) is 0 Å². The number of carbonyl (C=O) groups is 1. The van der Waals surface area contributed by atoms with E-state index in [1.54, 1.807) is 0 Å². The lowest BCUT2D eigenvalue weighted by Gasteiger charge is -1.98. The average Bonchev–Trinajstić information content (AvgIpc) is 2.60.